The number of benzene rings is 3. The van der Waals surface area contributed by atoms with Crippen molar-refractivity contribution in [1.29, 1.82) is 0 Å². The Morgan fingerprint density at radius 1 is 0.448 bits per heavy atom. The predicted molar refractivity (Wildman–Crippen MR) is 314 cm³/mol. The Morgan fingerprint density at radius 3 is 1.07 bits per heavy atom. The van der Waals surface area contributed by atoms with E-state index in [1.165, 1.54) is 70.6 Å². The zero-order chi connectivity index (χ0) is 69.3. The van der Waals surface area contributed by atoms with Gasteiger partial charge in [-0.05, 0) is 119 Å². The number of nitrogens with zero attached hydrogens (tertiary/aromatic N) is 12. The normalized spacial score (nSPS) is 17.7. The number of imidazole rings is 3. The molecule has 26 nitrogen and oxygen atoms in total. The standard InChI is InChI=1S/2C22H19F5N6O3.C16H13N5O3/c2*23-14-9-13(19(34)29-12-3-5-21(36,6-4-12)22(25,26)27)17(10-15(14)24)30-20(35)16-1-2-18(32-31-16)33-8-7-28-11-33;1-10-2-3-12(11(8-10)16(23)24)18-15(22)13-4-5-14(20-19-13)21-7-6-17-9-21/h2*1-2,7-12,36H,3-6H2,(H,29,34)(H,30,35);2-9H,1H3,(H,18,22)(H,23,24). The van der Waals surface area contributed by atoms with Gasteiger partial charge in [0.15, 0.2) is 69.0 Å². The fraction of sp³-hybridized carbons (Fsp3) is 0.250. The van der Waals surface area contributed by atoms with Gasteiger partial charge in [0.2, 0.25) is 0 Å². The molecule has 2 aliphatic rings. The highest BCUT2D eigenvalue weighted by atomic mass is 19.4. The van der Waals surface area contributed by atoms with Crippen LogP contribution in [0.2, 0.25) is 0 Å². The van der Waals surface area contributed by atoms with E-state index in [2.05, 4.69) is 72.1 Å². The van der Waals surface area contributed by atoms with Crippen LogP contribution in [0.25, 0.3) is 17.5 Å². The molecule has 2 fully saturated rings. The fourth-order valence-corrected chi connectivity index (χ4v) is 9.69. The third-order valence-corrected chi connectivity index (χ3v) is 15.1. The minimum atomic E-state index is -4.81. The number of anilines is 3. The third kappa shape index (κ3) is 16.5. The largest absolute Gasteiger partial charge is 0.478 e. The van der Waals surface area contributed by atoms with E-state index < -0.39 is 131 Å². The van der Waals surface area contributed by atoms with Crippen LogP contribution >= 0.6 is 0 Å². The second kappa shape index (κ2) is 28.8. The third-order valence-electron chi connectivity index (χ3n) is 15.1. The molecule has 9 aromatic rings. The van der Waals surface area contributed by atoms with Gasteiger partial charge in [0.25, 0.3) is 29.5 Å². The molecule has 0 saturated heterocycles. The molecule has 11 rings (SSSR count). The number of carbonyl (C=O) groups excluding carboxylic acids is 5. The van der Waals surface area contributed by atoms with E-state index in [1.54, 1.807) is 60.8 Å². The number of aryl methyl sites for hydroxylation is 1. The van der Waals surface area contributed by atoms with Gasteiger partial charge in [-0.25, -0.2) is 37.3 Å². The number of carboxylic acid groups (broad SMARTS) is 1. The summed E-state index contributed by atoms with van der Waals surface area (Å²) < 4.78 is 138. The van der Waals surface area contributed by atoms with Crippen molar-refractivity contribution < 1.29 is 88.0 Å². The van der Waals surface area contributed by atoms with Gasteiger partial charge in [-0.3, -0.25) is 37.7 Å². The molecule has 0 bridgehead atoms. The van der Waals surface area contributed by atoms with Crippen molar-refractivity contribution >= 4 is 52.6 Å². The van der Waals surface area contributed by atoms with E-state index in [0.29, 0.717) is 41.7 Å². The van der Waals surface area contributed by atoms with Crippen LogP contribution in [0, 0.1) is 30.2 Å². The molecule has 0 atom stereocenters. The summed E-state index contributed by atoms with van der Waals surface area (Å²) >= 11 is 0. The Balaban J connectivity index is 0.000000173. The summed E-state index contributed by atoms with van der Waals surface area (Å²) in [6.45, 7) is 1.78. The van der Waals surface area contributed by atoms with Gasteiger partial charge in [0.05, 0.1) is 33.8 Å². The Bertz CT molecular complexity index is 4070. The second-order valence-corrected chi connectivity index (χ2v) is 21.6. The zero-order valence-corrected chi connectivity index (χ0v) is 49.5. The maximum absolute atomic E-state index is 13.9. The molecule has 500 valence electrons. The van der Waals surface area contributed by atoms with Crippen LogP contribution in [0.15, 0.2) is 135 Å². The molecule has 0 radical (unpaired) electrons. The first-order valence-electron chi connectivity index (χ1n) is 28.4. The molecule has 36 heteroatoms. The number of aromatic carboxylic acids is 1. The molecule has 8 N–H and O–H groups in total. The quantitative estimate of drug-likeness (QED) is 0.0475. The average molecular weight is 1340 g/mol. The van der Waals surface area contributed by atoms with E-state index in [0.717, 1.165) is 5.56 Å². The summed E-state index contributed by atoms with van der Waals surface area (Å²) in [7, 11) is 0. The number of rotatable bonds is 14. The van der Waals surface area contributed by atoms with Gasteiger partial charge in [0, 0.05) is 61.4 Å². The summed E-state index contributed by atoms with van der Waals surface area (Å²) in [5.41, 5.74) is -6.60. The number of hydrogen-bond donors (Lipinski definition) is 8. The Hall–Kier alpha value is -11.4. The maximum Gasteiger partial charge on any atom is 0.417 e. The number of amides is 5. The van der Waals surface area contributed by atoms with E-state index in [-0.39, 0.29) is 65.4 Å². The monoisotopic (exact) mass is 1340 g/mol. The topological polar surface area (TPSA) is 354 Å². The highest BCUT2D eigenvalue weighted by Crippen LogP contribution is 2.43. The lowest BCUT2D eigenvalue weighted by Gasteiger charge is -2.37. The summed E-state index contributed by atoms with van der Waals surface area (Å²) in [4.78, 5) is 86.0. The summed E-state index contributed by atoms with van der Waals surface area (Å²) in [5, 5.41) is 63.9. The van der Waals surface area contributed by atoms with Crippen LogP contribution in [0.5, 0.6) is 0 Å². The van der Waals surface area contributed by atoms with Crippen molar-refractivity contribution in [2.75, 3.05) is 16.0 Å². The molecule has 6 aromatic heterocycles. The van der Waals surface area contributed by atoms with E-state index in [4.69, 9.17) is 0 Å². The number of carbonyl (C=O) groups is 6. The van der Waals surface area contributed by atoms with Crippen molar-refractivity contribution in [2.45, 2.75) is 93.9 Å². The molecular formula is C60H51F10N17O9. The van der Waals surface area contributed by atoms with Crippen LogP contribution in [0.1, 0.15) is 119 Å². The van der Waals surface area contributed by atoms with Crippen molar-refractivity contribution in [3.63, 3.8) is 0 Å². The highest BCUT2D eigenvalue weighted by Gasteiger charge is 2.56. The van der Waals surface area contributed by atoms with Crippen LogP contribution < -0.4 is 26.6 Å². The molecule has 2 saturated carbocycles. The first-order chi connectivity index (χ1) is 45.5. The van der Waals surface area contributed by atoms with Gasteiger partial charge >= 0.3 is 18.3 Å². The van der Waals surface area contributed by atoms with Crippen LogP contribution in [0.3, 0.4) is 0 Å². The molecule has 0 unspecified atom stereocenters. The molecule has 3 aromatic carbocycles. The van der Waals surface area contributed by atoms with Gasteiger partial charge in [0.1, 0.15) is 19.0 Å². The summed E-state index contributed by atoms with van der Waals surface area (Å²) in [6.07, 6.45) is 1.16. The first-order valence-corrected chi connectivity index (χ1v) is 28.4. The Kier molecular flexibility index (Phi) is 20.7. The zero-order valence-electron chi connectivity index (χ0n) is 49.5. The van der Waals surface area contributed by atoms with E-state index in [9.17, 15) is 88.0 Å². The predicted octanol–water partition coefficient (Wildman–Crippen LogP) is 8.24. The minimum Gasteiger partial charge on any atom is -0.478 e. The Labute approximate surface area is 533 Å². The maximum atomic E-state index is 13.9. The van der Waals surface area contributed by atoms with Crippen molar-refractivity contribution in [1.82, 2.24) is 69.9 Å². The molecule has 6 heterocycles. The molecule has 0 spiro atoms. The lowest BCUT2D eigenvalue weighted by Crippen LogP contribution is -2.51. The van der Waals surface area contributed by atoms with Crippen LogP contribution in [-0.2, 0) is 0 Å². The number of aromatic nitrogens is 12. The summed E-state index contributed by atoms with van der Waals surface area (Å²) in [6, 6.07) is 14.3. The molecule has 5 amide bonds. The van der Waals surface area contributed by atoms with Crippen molar-refractivity contribution in [3.8, 4) is 17.5 Å². The van der Waals surface area contributed by atoms with Gasteiger partial charge in [-0.1, -0.05) is 11.6 Å². The van der Waals surface area contributed by atoms with E-state index >= 15 is 0 Å². The van der Waals surface area contributed by atoms with Crippen LogP contribution in [0.4, 0.5) is 61.0 Å². The number of carboxylic acids is 1. The number of halogens is 10. The smallest absolute Gasteiger partial charge is 0.417 e. The number of hydrogen-bond acceptors (Lipinski definition) is 17. The molecule has 0 aliphatic heterocycles. The lowest BCUT2D eigenvalue weighted by atomic mass is 9.81. The molecule has 2 aliphatic carbocycles. The van der Waals surface area contributed by atoms with Gasteiger partial charge in [-0.2, -0.15) is 26.3 Å². The molecule has 96 heavy (non-hydrogen) atoms. The molecular weight excluding hydrogens is 1290 g/mol. The van der Waals surface area contributed by atoms with Crippen molar-refractivity contribution in [3.05, 3.63) is 198 Å². The number of aliphatic hydroxyl groups is 2. The van der Waals surface area contributed by atoms with E-state index in [1.807, 2.05) is 0 Å². The highest BCUT2D eigenvalue weighted by molar-refractivity contribution is 6.10. The lowest BCUT2D eigenvalue weighted by molar-refractivity contribution is -0.270. The first kappa shape index (κ1) is 68.9. The number of nitrogens with one attached hydrogen (secondary N) is 5. The summed E-state index contributed by atoms with van der Waals surface area (Å²) in [5.74, 6) is -9.42. The Morgan fingerprint density at radius 2 is 0.781 bits per heavy atom. The average Bonchev–Trinajstić information content (AvgIpc) is 0.993. The SMILES string of the molecule is Cc1ccc(NC(=O)c2ccc(-n3ccnc3)nn2)c(C(=O)O)c1.O=C(Nc1cc(F)c(F)cc1C(=O)NC1CCC(O)(C(F)(F)F)CC1)c1ccc(-n2ccnc2)nn1.O=C(Nc1cc(F)c(F)cc1C(=O)NC1CCC(O)(C(F)(F)F)CC1)c1ccc(-n2ccnc2)nn1. The van der Waals surface area contributed by atoms with Gasteiger partial charge in [-0.15, -0.1) is 30.6 Å². The minimum absolute atomic E-state index is 0.0198. The fourth-order valence-electron chi connectivity index (χ4n) is 9.69. The number of alkyl halides is 6. The second-order valence-electron chi connectivity index (χ2n) is 21.6. The van der Waals surface area contributed by atoms with Crippen molar-refractivity contribution in [2.24, 2.45) is 0 Å². The van der Waals surface area contributed by atoms with Gasteiger partial charge < -0.3 is 41.9 Å². The van der Waals surface area contributed by atoms with Crippen LogP contribution in [-0.4, -0.2) is 146 Å².